The Morgan fingerprint density at radius 2 is 2.10 bits per heavy atom. The summed E-state index contributed by atoms with van der Waals surface area (Å²) < 4.78 is 1.93. The lowest BCUT2D eigenvalue weighted by molar-refractivity contribution is -0.144. The number of hydrogen-bond acceptors (Lipinski definition) is 5. The summed E-state index contributed by atoms with van der Waals surface area (Å²) in [5, 5.41) is 16.3. The highest BCUT2D eigenvalue weighted by atomic mass is 16.4. The van der Waals surface area contributed by atoms with Crippen LogP contribution in [0.4, 0.5) is 5.82 Å². The standard InChI is InChI=1S/C13H20N4O4/c1-8-5-4-6-13(7-8,11(19)20)14-9-10(18)16(2)12(21)17(3)15-9/h8H,4-7H2,1-3H3,(H,14,15)(H,19,20). The molecule has 116 valence electrons. The molecule has 8 heteroatoms. The zero-order valence-electron chi connectivity index (χ0n) is 12.4. The van der Waals surface area contributed by atoms with E-state index >= 15 is 0 Å². The van der Waals surface area contributed by atoms with Gasteiger partial charge in [-0.2, -0.15) is 0 Å². The highest BCUT2D eigenvalue weighted by Gasteiger charge is 2.43. The van der Waals surface area contributed by atoms with Gasteiger partial charge in [0.1, 0.15) is 5.54 Å². The van der Waals surface area contributed by atoms with Crippen molar-refractivity contribution < 1.29 is 9.90 Å². The van der Waals surface area contributed by atoms with E-state index in [1.54, 1.807) is 0 Å². The van der Waals surface area contributed by atoms with Gasteiger partial charge < -0.3 is 10.4 Å². The van der Waals surface area contributed by atoms with Crippen molar-refractivity contribution in [3.63, 3.8) is 0 Å². The van der Waals surface area contributed by atoms with Gasteiger partial charge in [-0.05, 0) is 18.8 Å². The SMILES string of the molecule is CC1CCCC(Nc2nn(C)c(=O)n(C)c2=O)(C(=O)O)C1. The predicted molar refractivity (Wildman–Crippen MR) is 76.3 cm³/mol. The molecule has 2 rings (SSSR count). The molecule has 0 radical (unpaired) electrons. The van der Waals surface area contributed by atoms with Crippen LogP contribution in [0.1, 0.15) is 32.6 Å². The lowest BCUT2D eigenvalue weighted by atomic mass is 9.76. The van der Waals surface area contributed by atoms with Crippen LogP contribution < -0.4 is 16.6 Å². The Balaban J connectivity index is 2.46. The van der Waals surface area contributed by atoms with Crippen LogP contribution in [-0.2, 0) is 18.9 Å². The van der Waals surface area contributed by atoms with Gasteiger partial charge in [-0.15, -0.1) is 5.10 Å². The average molecular weight is 296 g/mol. The van der Waals surface area contributed by atoms with Crippen molar-refractivity contribution in [3.8, 4) is 0 Å². The Morgan fingerprint density at radius 1 is 1.43 bits per heavy atom. The third-order valence-electron chi connectivity index (χ3n) is 4.09. The van der Waals surface area contributed by atoms with E-state index in [1.165, 1.54) is 14.1 Å². The summed E-state index contributed by atoms with van der Waals surface area (Å²) in [4.78, 5) is 35.4. The van der Waals surface area contributed by atoms with Gasteiger partial charge in [0.2, 0.25) is 5.82 Å². The Bertz CT molecular complexity index is 678. The molecule has 0 aliphatic heterocycles. The summed E-state index contributed by atoms with van der Waals surface area (Å²) in [7, 11) is 2.76. The average Bonchev–Trinajstić information content (AvgIpc) is 2.42. The second kappa shape index (κ2) is 5.34. The smallest absolute Gasteiger partial charge is 0.346 e. The fraction of sp³-hybridized carbons (Fsp3) is 0.692. The number of aliphatic carboxylic acids is 1. The van der Waals surface area contributed by atoms with E-state index in [4.69, 9.17) is 0 Å². The molecular weight excluding hydrogens is 276 g/mol. The molecule has 2 unspecified atom stereocenters. The van der Waals surface area contributed by atoms with Crippen molar-refractivity contribution in [2.75, 3.05) is 5.32 Å². The van der Waals surface area contributed by atoms with Gasteiger partial charge in [0.25, 0.3) is 5.56 Å². The molecule has 1 heterocycles. The summed E-state index contributed by atoms with van der Waals surface area (Å²) in [6.45, 7) is 1.99. The molecule has 21 heavy (non-hydrogen) atoms. The Kier molecular flexibility index (Phi) is 3.89. The number of aromatic nitrogens is 3. The molecule has 2 atom stereocenters. The minimum Gasteiger partial charge on any atom is -0.480 e. The third-order valence-corrected chi connectivity index (χ3v) is 4.09. The lowest BCUT2D eigenvalue weighted by Gasteiger charge is -2.37. The Morgan fingerprint density at radius 3 is 2.67 bits per heavy atom. The number of nitrogens with zero attached hydrogens (tertiary/aromatic N) is 3. The fourth-order valence-corrected chi connectivity index (χ4v) is 2.92. The van der Waals surface area contributed by atoms with E-state index in [2.05, 4.69) is 10.4 Å². The van der Waals surface area contributed by atoms with E-state index in [1.807, 2.05) is 6.92 Å². The first-order valence-electron chi connectivity index (χ1n) is 6.93. The normalized spacial score (nSPS) is 25.6. The first-order chi connectivity index (χ1) is 9.77. The molecule has 0 aromatic carbocycles. The van der Waals surface area contributed by atoms with Gasteiger partial charge in [-0.25, -0.2) is 14.3 Å². The van der Waals surface area contributed by atoms with Crippen molar-refractivity contribution in [1.82, 2.24) is 14.3 Å². The van der Waals surface area contributed by atoms with Gasteiger partial charge in [0, 0.05) is 14.1 Å². The second-order valence-electron chi connectivity index (χ2n) is 5.83. The van der Waals surface area contributed by atoms with Crippen LogP contribution in [0, 0.1) is 5.92 Å². The van der Waals surface area contributed by atoms with Crippen molar-refractivity contribution in [3.05, 3.63) is 20.8 Å². The van der Waals surface area contributed by atoms with E-state index in [-0.39, 0.29) is 11.7 Å². The predicted octanol–water partition coefficient (Wildman–Crippen LogP) is -0.0756. The molecule has 1 aliphatic carbocycles. The number of aryl methyl sites for hydroxylation is 1. The van der Waals surface area contributed by atoms with Gasteiger partial charge in [0.15, 0.2) is 0 Å². The first-order valence-corrected chi connectivity index (χ1v) is 6.93. The first kappa shape index (κ1) is 15.3. The molecule has 1 aromatic rings. The van der Waals surface area contributed by atoms with Gasteiger partial charge in [-0.1, -0.05) is 19.8 Å². The summed E-state index contributed by atoms with van der Waals surface area (Å²) >= 11 is 0. The molecule has 0 bridgehead atoms. The maximum absolute atomic E-state index is 12.1. The number of nitrogens with one attached hydrogen (secondary N) is 1. The number of hydrogen-bond donors (Lipinski definition) is 2. The molecule has 2 N–H and O–H groups in total. The molecule has 1 fully saturated rings. The topological polar surface area (TPSA) is 106 Å². The molecule has 0 spiro atoms. The van der Waals surface area contributed by atoms with Crippen molar-refractivity contribution >= 4 is 11.8 Å². The molecule has 1 aromatic heterocycles. The van der Waals surface area contributed by atoms with Crippen LogP contribution in [0.2, 0.25) is 0 Å². The minimum absolute atomic E-state index is 0.101. The highest BCUT2D eigenvalue weighted by Crippen LogP contribution is 2.34. The zero-order valence-corrected chi connectivity index (χ0v) is 12.4. The molecule has 8 nitrogen and oxygen atoms in total. The number of carboxylic acids is 1. The number of carbonyl (C=O) groups is 1. The summed E-state index contributed by atoms with van der Waals surface area (Å²) in [5.74, 6) is -0.846. The maximum Gasteiger partial charge on any atom is 0.346 e. The van der Waals surface area contributed by atoms with Crippen LogP contribution in [0.15, 0.2) is 9.59 Å². The van der Waals surface area contributed by atoms with Crippen LogP contribution in [-0.4, -0.2) is 31.0 Å². The quantitative estimate of drug-likeness (QED) is 0.808. The van der Waals surface area contributed by atoms with Crippen LogP contribution in [0.5, 0.6) is 0 Å². The Hall–Kier alpha value is -2.12. The minimum atomic E-state index is -1.20. The molecule has 1 aliphatic rings. The number of anilines is 1. The van der Waals surface area contributed by atoms with E-state index in [0.29, 0.717) is 12.8 Å². The van der Waals surface area contributed by atoms with Crippen molar-refractivity contribution in [1.29, 1.82) is 0 Å². The van der Waals surface area contributed by atoms with E-state index < -0.39 is 22.8 Å². The van der Waals surface area contributed by atoms with Crippen LogP contribution in [0.25, 0.3) is 0 Å². The summed E-state index contributed by atoms with van der Waals surface area (Å²) in [6, 6.07) is 0. The van der Waals surface area contributed by atoms with Crippen LogP contribution >= 0.6 is 0 Å². The third kappa shape index (κ3) is 2.70. The van der Waals surface area contributed by atoms with E-state index in [0.717, 1.165) is 22.1 Å². The van der Waals surface area contributed by atoms with Gasteiger partial charge >= 0.3 is 11.7 Å². The fourth-order valence-electron chi connectivity index (χ4n) is 2.92. The molecular formula is C13H20N4O4. The Labute approximate surface area is 121 Å². The molecule has 0 saturated heterocycles. The lowest BCUT2D eigenvalue weighted by Crippen LogP contribution is -2.52. The van der Waals surface area contributed by atoms with Crippen molar-refractivity contribution in [2.24, 2.45) is 20.0 Å². The largest absolute Gasteiger partial charge is 0.480 e. The second-order valence-corrected chi connectivity index (χ2v) is 5.83. The number of rotatable bonds is 3. The summed E-state index contributed by atoms with van der Waals surface area (Å²) in [6.07, 6.45) is 2.60. The highest BCUT2D eigenvalue weighted by molar-refractivity contribution is 5.82. The van der Waals surface area contributed by atoms with Gasteiger partial charge in [-0.3, -0.25) is 9.36 Å². The van der Waals surface area contributed by atoms with Gasteiger partial charge in [0.05, 0.1) is 0 Å². The van der Waals surface area contributed by atoms with Crippen molar-refractivity contribution in [2.45, 2.75) is 38.1 Å². The van der Waals surface area contributed by atoms with Crippen LogP contribution in [0.3, 0.4) is 0 Å². The maximum atomic E-state index is 12.1. The number of carboxylic acid groups (broad SMARTS) is 1. The van der Waals surface area contributed by atoms with E-state index in [9.17, 15) is 19.5 Å². The summed E-state index contributed by atoms with van der Waals surface area (Å²) in [5.41, 5.74) is -2.36. The molecule has 0 amide bonds. The molecule has 1 saturated carbocycles. The monoisotopic (exact) mass is 296 g/mol. The zero-order chi connectivity index (χ0) is 15.8.